The first-order valence-corrected chi connectivity index (χ1v) is 10.1. The van der Waals surface area contributed by atoms with Crippen LogP contribution in [0.25, 0.3) is 11.1 Å². The van der Waals surface area contributed by atoms with Crippen molar-refractivity contribution in [3.05, 3.63) is 95.8 Å². The van der Waals surface area contributed by atoms with Crippen LogP contribution in [-0.2, 0) is 6.42 Å². The largest absolute Gasteiger partial charge is 0.314 e. The van der Waals surface area contributed by atoms with Gasteiger partial charge in [-0.15, -0.1) is 0 Å². The van der Waals surface area contributed by atoms with Crippen LogP contribution in [0.1, 0.15) is 15.9 Å². The summed E-state index contributed by atoms with van der Waals surface area (Å²) in [6, 6.07) is 24.6. The maximum absolute atomic E-state index is 13.3. The van der Waals surface area contributed by atoms with E-state index >= 15 is 0 Å². The predicted molar refractivity (Wildman–Crippen MR) is 115 cm³/mol. The number of rotatable bonds is 6. The highest BCUT2D eigenvalue weighted by Crippen LogP contribution is 2.25. The number of benzene rings is 3. The van der Waals surface area contributed by atoms with Crippen molar-refractivity contribution in [3.8, 4) is 11.1 Å². The van der Waals surface area contributed by atoms with Crippen LogP contribution in [0.3, 0.4) is 0 Å². The van der Waals surface area contributed by atoms with Crippen molar-refractivity contribution in [3.63, 3.8) is 0 Å². The van der Waals surface area contributed by atoms with Crippen LogP contribution in [0.15, 0.2) is 78.9 Å². The zero-order chi connectivity index (χ0) is 20.1. The molecule has 4 heteroatoms. The van der Waals surface area contributed by atoms with E-state index in [1.807, 2.05) is 30.3 Å². The van der Waals surface area contributed by atoms with Crippen LogP contribution in [-0.4, -0.2) is 42.9 Å². The Kier molecular flexibility index (Phi) is 6.13. The Hall–Kier alpha value is -2.82. The molecule has 0 unspecified atom stereocenters. The maximum Gasteiger partial charge on any atom is 0.177 e. The number of piperazine rings is 1. The highest BCUT2D eigenvalue weighted by Gasteiger charge is 2.25. The molecular formula is C25H25FN2O. The monoisotopic (exact) mass is 388 g/mol. The van der Waals surface area contributed by atoms with E-state index in [0.29, 0.717) is 12.1 Å². The van der Waals surface area contributed by atoms with Crippen LogP contribution in [0, 0.1) is 5.82 Å². The maximum atomic E-state index is 13.3. The Morgan fingerprint density at radius 2 is 1.69 bits per heavy atom. The van der Waals surface area contributed by atoms with Crippen molar-refractivity contribution in [1.82, 2.24) is 10.2 Å². The molecule has 0 saturated carbocycles. The Morgan fingerprint density at radius 3 is 2.48 bits per heavy atom. The summed E-state index contributed by atoms with van der Waals surface area (Å²) in [6.45, 7) is 3.00. The summed E-state index contributed by atoms with van der Waals surface area (Å²) >= 11 is 0. The number of hydrogen-bond acceptors (Lipinski definition) is 3. The number of carbonyl (C=O) groups excluding carboxylic acids is 1. The van der Waals surface area contributed by atoms with Crippen molar-refractivity contribution in [2.24, 2.45) is 0 Å². The van der Waals surface area contributed by atoms with E-state index in [1.54, 1.807) is 12.1 Å². The molecule has 1 fully saturated rings. The third kappa shape index (κ3) is 4.78. The molecule has 148 valence electrons. The number of hydrogen-bond donors (Lipinski definition) is 1. The molecule has 3 aromatic rings. The van der Waals surface area contributed by atoms with E-state index in [0.717, 1.165) is 37.2 Å². The molecule has 0 spiro atoms. The Morgan fingerprint density at radius 1 is 0.966 bits per heavy atom. The van der Waals surface area contributed by atoms with Crippen molar-refractivity contribution in [2.45, 2.75) is 12.5 Å². The summed E-state index contributed by atoms with van der Waals surface area (Å²) < 4.78 is 13.3. The lowest BCUT2D eigenvalue weighted by molar-refractivity contribution is 0.0861. The van der Waals surface area contributed by atoms with Gasteiger partial charge in [-0.3, -0.25) is 9.69 Å². The van der Waals surface area contributed by atoms with Gasteiger partial charge in [0.2, 0.25) is 0 Å². The minimum atomic E-state index is -0.276. The van der Waals surface area contributed by atoms with Crippen LogP contribution < -0.4 is 5.32 Å². The second kappa shape index (κ2) is 9.12. The Balaban J connectivity index is 1.53. The number of Topliss-reactive ketones (excluding diaryl/α,β-unsaturated/α-hetero) is 1. The zero-order valence-corrected chi connectivity index (χ0v) is 16.4. The molecule has 3 aromatic carbocycles. The fourth-order valence-corrected chi connectivity index (χ4v) is 3.98. The SMILES string of the molecule is O=C(CN1CCNC[C@H]1Cc1ccccc1)c1ccccc1-c1ccc(F)cc1. The van der Waals surface area contributed by atoms with Gasteiger partial charge in [-0.1, -0.05) is 66.7 Å². The number of halogens is 1. The molecule has 0 radical (unpaired) electrons. The summed E-state index contributed by atoms with van der Waals surface area (Å²) in [6.07, 6.45) is 0.917. The molecule has 4 rings (SSSR count). The minimum absolute atomic E-state index is 0.102. The molecule has 0 bridgehead atoms. The lowest BCUT2D eigenvalue weighted by Crippen LogP contribution is -2.53. The molecule has 0 aromatic heterocycles. The lowest BCUT2D eigenvalue weighted by atomic mass is 9.96. The van der Waals surface area contributed by atoms with Crippen molar-refractivity contribution in [1.29, 1.82) is 0 Å². The third-order valence-electron chi connectivity index (χ3n) is 5.52. The third-order valence-corrected chi connectivity index (χ3v) is 5.52. The van der Waals surface area contributed by atoms with Gasteiger partial charge in [0.15, 0.2) is 5.78 Å². The van der Waals surface area contributed by atoms with Gasteiger partial charge in [0.1, 0.15) is 5.82 Å². The van der Waals surface area contributed by atoms with Gasteiger partial charge < -0.3 is 5.32 Å². The van der Waals surface area contributed by atoms with E-state index in [4.69, 9.17) is 0 Å². The van der Waals surface area contributed by atoms with Gasteiger partial charge in [-0.2, -0.15) is 0 Å². The fourth-order valence-electron chi connectivity index (χ4n) is 3.98. The number of carbonyl (C=O) groups is 1. The zero-order valence-electron chi connectivity index (χ0n) is 16.4. The van der Waals surface area contributed by atoms with E-state index in [-0.39, 0.29) is 17.6 Å². The molecule has 1 heterocycles. The number of nitrogens with one attached hydrogen (secondary N) is 1. The highest BCUT2D eigenvalue weighted by atomic mass is 19.1. The van der Waals surface area contributed by atoms with E-state index in [2.05, 4.69) is 34.5 Å². The fraction of sp³-hybridized carbons (Fsp3) is 0.240. The molecular weight excluding hydrogens is 363 g/mol. The summed E-state index contributed by atoms with van der Waals surface area (Å²) in [5, 5.41) is 3.45. The van der Waals surface area contributed by atoms with Gasteiger partial charge in [0.05, 0.1) is 6.54 Å². The molecule has 1 N–H and O–H groups in total. The molecule has 0 amide bonds. The topological polar surface area (TPSA) is 32.3 Å². The van der Waals surface area contributed by atoms with Crippen LogP contribution >= 0.6 is 0 Å². The highest BCUT2D eigenvalue weighted by molar-refractivity contribution is 6.03. The first-order chi connectivity index (χ1) is 14.2. The molecule has 3 nitrogen and oxygen atoms in total. The standard InChI is InChI=1S/C25H25FN2O/c26-21-12-10-20(11-13-21)23-8-4-5-9-24(23)25(29)18-28-15-14-27-17-22(28)16-19-6-2-1-3-7-19/h1-13,22,27H,14-18H2/t22-/m1/s1. The summed E-state index contributed by atoms with van der Waals surface area (Å²) in [5.74, 6) is -0.174. The van der Waals surface area contributed by atoms with E-state index < -0.39 is 0 Å². The van der Waals surface area contributed by atoms with Gasteiger partial charge in [0.25, 0.3) is 0 Å². The van der Waals surface area contributed by atoms with Crippen molar-refractivity contribution < 1.29 is 9.18 Å². The summed E-state index contributed by atoms with van der Waals surface area (Å²) in [4.78, 5) is 15.5. The second-order valence-corrected chi connectivity index (χ2v) is 7.49. The second-order valence-electron chi connectivity index (χ2n) is 7.49. The van der Waals surface area contributed by atoms with Crippen molar-refractivity contribution >= 4 is 5.78 Å². The molecule has 0 aliphatic carbocycles. The van der Waals surface area contributed by atoms with Crippen LogP contribution in [0.2, 0.25) is 0 Å². The first kappa shape index (κ1) is 19.5. The van der Waals surface area contributed by atoms with E-state index in [9.17, 15) is 9.18 Å². The van der Waals surface area contributed by atoms with Gasteiger partial charge in [-0.05, 0) is 35.2 Å². The van der Waals surface area contributed by atoms with Crippen LogP contribution in [0.5, 0.6) is 0 Å². The molecule has 29 heavy (non-hydrogen) atoms. The molecule has 1 aliphatic rings. The van der Waals surface area contributed by atoms with Crippen LogP contribution in [0.4, 0.5) is 4.39 Å². The summed E-state index contributed by atoms with van der Waals surface area (Å²) in [5.41, 5.74) is 3.69. The predicted octanol–water partition coefficient (Wildman–Crippen LogP) is 4.19. The van der Waals surface area contributed by atoms with E-state index in [1.165, 1.54) is 17.7 Å². The first-order valence-electron chi connectivity index (χ1n) is 10.1. The minimum Gasteiger partial charge on any atom is -0.314 e. The number of nitrogens with zero attached hydrogens (tertiary/aromatic N) is 1. The number of ketones is 1. The lowest BCUT2D eigenvalue weighted by Gasteiger charge is -2.36. The van der Waals surface area contributed by atoms with Crippen molar-refractivity contribution in [2.75, 3.05) is 26.2 Å². The quantitative estimate of drug-likeness (QED) is 0.643. The molecule has 1 aliphatic heterocycles. The average Bonchev–Trinajstić information content (AvgIpc) is 2.76. The normalized spacial score (nSPS) is 17.2. The Labute approximate surface area is 171 Å². The molecule has 1 saturated heterocycles. The van der Waals surface area contributed by atoms with Gasteiger partial charge in [0, 0.05) is 31.2 Å². The average molecular weight is 388 g/mol. The Bertz CT molecular complexity index is 956. The smallest absolute Gasteiger partial charge is 0.177 e. The molecule has 1 atom stereocenters. The van der Waals surface area contributed by atoms with Gasteiger partial charge in [-0.25, -0.2) is 4.39 Å². The van der Waals surface area contributed by atoms with Gasteiger partial charge >= 0.3 is 0 Å². The summed E-state index contributed by atoms with van der Waals surface area (Å²) in [7, 11) is 0.